The molecule has 0 saturated carbocycles. The first-order valence-electron chi connectivity index (χ1n) is 6.29. The van der Waals surface area contributed by atoms with E-state index in [-0.39, 0.29) is 12.4 Å². The Labute approximate surface area is 146 Å². The van der Waals surface area contributed by atoms with Crippen LogP contribution in [0.3, 0.4) is 0 Å². The zero-order valence-electron chi connectivity index (χ0n) is 11.6. The molecule has 0 fully saturated rings. The Kier molecular flexibility index (Phi) is 6.20. The number of nitrogens with zero attached hydrogens (tertiary/aromatic N) is 1. The number of hydrogen-bond acceptors (Lipinski definition) is 6. The number of esters is 1. The van der Waals surface area contributed by atoms with E-state index in [0.717, 1.165) is 4.47 Å². The normalized spacial score (nSPS) is 11.9. The molecule has 118 valence electrons. The van der Waals surface area contributed by atoms with Crippen molar-refractivity contribution in [3.63, 3.8) is 0 Å². The van der Waals surface area contributed by atoms with Crippen molar-refractivity contribution >= 4 is 59.7 Å². The maximum atomic E-state index is 12.4. The topological polar surface area (TPSA) is 73.3 Å². The van der Waals surface area contributed by atoms with Gasteiger partial charge in [-0.15, -0.1) is 0 Å². The van der Waals surface area contributed by atoms with Crippen LogP contribution in [0.5, 0.6) is 0 Å². The molecular formula is C13H13AsBrNO4S2. The monoisotopic (exact) mass is 465 g/mol. The molecule has 0 N–H and O–H groups in total. The number of hydrogen-bond donors (Lipinski definition) is 0. The molecule has 1 aromatic carbocycles. The maximum absolute atomic E-state index is 12.4. The van der Waals surface area contributed by atoms with Crippen LogP contribution in [0.1, 0.15) is 12.6 Å². The number of carbonyl (C=O) groups is 1. The molecule has 0 spiro atoms. The van der Waals surface area contributed by atoms with Crippen LogP contribution in [-0.4, -0.2) is 40.6 Å². The molecule has 5 nitrogen and oxygen atoms in total. The third-order valence-electron chi connectivity index (χ3n) is 2.51. The number of benzene rings is 1. The van der Waals surface area contributed by atoms with Crippen LogP contribution in [0.4, 0.5) is 0 Å². The van der Waals surface area contributed by atoms with E-state index in [1.54, 1.807) is 36.6 Å². The fourth-order valence-electron chi connectivity index (χ4n) is 1.60. The molecule has 9 heteroatoms. The fourth-order valence-corrected chi connectivity index (χ4v) is 10.4. The first kappa shape index (κ1) is 17.7. The SMILES string of the molecule is CCOC(=O)Cc1csc([AsH]S(=O)(=O)c2cccc(Br)c2)n1. The quantitative estimate of drug-likeness (QED) is 0.477. The molecule has 2 aromatic rings. The summed E-state index contributed by atoms with van der Waals surface area (Å²) >= 11 is 3.08. The molecule has 0 bridgehead atoms. The minimum atomic E-state index is -3.33. The van der Waals surface area contributed by atoms with Crippen molar-refractivity contribution in [2.24, 2.45) is 0 Å². The van der Waals surface area contributed by atoms with Gasteiger partial charge in [0.05, 0.1) is 0 Å². The average Bonchev–Trinajstić information content (AvgIpc) is 2.85. The van der Waals surface area contributed by atoms with Gasteiger partial charge < -0.3 is 0 Å². The second-order valence-electron chi connectivity index (χ2n) is 4.19. The van der Waals surface area contributed by atoms with Gasteiger partial charge in [-0.2, -0.15) is 0 Å². The van der Waals surface area contributed by atoms with E-state index < -0.39 is 22.7 Å². The van der Waals surface area contributed by atoms with E-state index >= 15 is 0 Å². The summed E-state index contributed by atoms with van der Waals surface area (Å²) < 4.78 is 31.0. The van der Waals surface area contributed by atoms with E-state index in [1.165, 1.54) is 11.3 Å². The Morgan fingerprint density at radius 2 is 2.23 bits per heavy atom. The molecule has 0 amide bonds. The molecule has 0 saturated heterocycles. The molecule has 1 unspecified atom stereocenters. The van der Waals surface area contributed by atoms with Crippen LogP contribution in [0.25, 0.3) is 0 Å². The van der Waals surface area contributed by atoms with E-state index in [4.69, 9.17) is 4.74 Å². The minimum absolute atomic E-state index is 0.0768. The molecule has 22 heavy (non-hydrogen) atoms. The predicted octanol–water partition coefficient (Wildman–Crippen LogP) is 1.46. The summed E-state index contributed by atoms with van der Waals surface area (Å²) in [7, 11) is -3.33. The van der Waals surface area contributed by atoms with Crippen molar-refractivity contribution in [1.29, 1.82) is 0 Å². The molecule has 1 heterocycles. The van der Waals surface area contributed by atoms with Gasteiger partial charge in [0, 0.05) is 0 Å². The Balaban J connectivity index is 2.11. The summed E-state index contributed by atoms with van der Waals surface area (Å²) in [6.07, 6.45) is 0.0768. The number of carbonyl (C=O) groups excluding carboxylic acids is 1. The summed E-state index contributed by atoms with van der Waals surface area (Å²) in [5.74, 6) is -0.353. The summed E-state index contributed by atoms with van der Waals surface area (Å²) in [6, 6.07) is 6.64. The molecule has 1 aromatic heterocycles. The van der Waals surface area contributed by atoms with Crippen molar-refractivity contribution in [2.45, 2.75) is 18.2 Å². The zero-order chi connectivity index (χ0) is 16.2. The number of rotatable bonds is 6. The molecule has 2 rings (SSSR count). The van der Waals surface area contributed by atoms with Crippen LogP contribution in [0.15, 0.2) is 39.0 Å². The predicted molar refractivity (Wildman–Crippen MR) is 90.6 cm³/mol. The van der Waals surface area contributed by atoms with Gasteiger partial charge in [-0.25, -0.2) is 0 Å². The molecule has 0 radical (unpaired) electrons. The van der Waals surface area contributed by atoms with Gasteiger partial charge in [-0.1, -0.05) is 0 Å². The Morgan fingerprint density at radius 3 is 2.91 bits per heavy atom. The fraction of sp³-hybridized carbons (Fsp3) is 0.231. The third-order valence-corrected chi connectivity index (χ3v) is 11.6. The standard InChI is InChI=1S/C13H13AsBrNO4S2/c1-2-20-12(17)7-10-8-21-13(16-10)14-22(18,19)11-5-3-4-9(15)6-11/h3-6,8,14H,2,7H2,1H3. The van der Waals surface area contributed by atoms with Crippen molar-refractivity contribution in [2.75, 3.05) is 6.61 Å². The summed E-state index contributed by atoms with van der Waals surface area (Å²) in [4.78, 5) is 15.9. The third kappa shape index (κ3) is 4.91. The van der Waals surface area contributed by atoms with Crippen LogP contribution >= 0.6 is 27.3 Å². The molecule has 0 aliphatic heterocycles. The Hall–Kier alpha value is -0.692. The van der Waals surface area contributed by atoms with Gasteiger partial charge in [-0.05, 0) is 0 Å². The van der Waals surface area contributed by atoms with Crippen LogP contribution in [0, 0.1) is 0 Å². The molecule has 1 atom stereocenters. The van der Waals surface area contributed by atoms with Gasteiger partial charge >= 0.3 is 147 Å². The summed E-state index contributed by atoms with van der Waals surface area (Å²) in [6.45, 7) is 2.06. The second kappa shape index (κ2) is 7.72. The van der Waals surface area contributed by atoms with E-state index in [0.29, 0.717) is 21.0 Å². The Bertz CT molecular complexity index is 776. The van der Waals surface area contributed by atoms with Crippen molar-refractivity contribution in [3.8, 4) is 0 Å². The summed E-state index contributed by atoms with van der Waals surface area (Å²) in [5.41, 5.74) is 0.562. The van der Waals surface area contributed by atoms with Gasteiger partial charge in [-0.3, -0.25) is 0 Å². The van der Waals surface area contributed by atoms with Crippen molar-refractivity contribution in [3.05, 3.63) is 39.8 Å². The first-order valence-corrected chi connectivity index (χ1v) is 13.1. The summed E-state index contributed by atoms with van der Waals surface area (Å²) in [5, 5.41) is 1.71. The van der Waals surface area contributed by atoms with Crippen molar-refractivity contribution in [1.82, 2.24) is 4.98 Å². The van der Waals surface area contributed by atoms with Crippen molar-refractivity contribution < 1.29 is 17.9 Å². The first-order chi connectivity index (χ1) is 10.4. The zero-order valence-corrected chi connectivity index (χ0v) is 16.9. The van der Waals surface area contributed by atoms with Gasteiger partial charge in [0.1, 0.15) is 0 Å². The van der Waals surface area contributed by atoms with Crippen LogP contribution in [-0.2, 0) is 24.1 Å². The Morgan fingerprint density at radius 1 is 1.45 bits per heavy atom. The van der Waals surface area contributed by atoms with Crippen LogP contribution < -0.4 is 3.80 Å². The molecular weight excluding hydrogens is 453 g/mol. The van der Waals surface area contributed by atoms with Gasteiger partial charge in [0.25, 0.3) is 0 Å². The van der Waals surface area contributed by atoms with Gasteiger partial charge in [0.2, 0.25) is 0 Å². The van der Waals surface area contributed by atoms with E-state index in [9.17, 15) is 13.2 Å². The average molecular weight is 466 g/mol. The molecule has 0 aliphatic carbocycles. The number of ether oxygens (including phenoxy) is 1. The van der Waals surface area contributed by atoms with Gasteiger partial charge in [0.15, 0.2) is 0 Å². The molecule has 0 aliphatic rings. The van der Waals surface area contributed by atoms with Crippen LogP contribution in [0.2, 0.25) is 0 Å². The second-order valence-corrected chi connectivity index (χ2v) is 14.1. The number of aromatic nitrogens is 1. The number of thiazole rings is 1. The van der Waals surface area contributed by atoms with E-state index in [2.05, 4.69) is 20.9 Å². The number of halogens is 1. The van der Waals surface area contributed by atoms with E-state index in [1.807, 2.05) is 0 Å².